The minimum absolute atomic E-state index is 0.126. The minimum atomic E-state index is -0.645. The van der Waals surface area contributed by atoms with Gasteiger partial charge in [-0.05, 0) is 49.2 Å². The highest BCUT2D eigenvalue weighted by Crippen LogP contribution is 2.44. The number of likely N-dealkylation sites (tertiary alicyclic amines) is 1. The molecular weight excluding hydrogens is 517 g/mol. The third-order valence-electron chi connectivity index (χ3n) is 7.85. The molecule has 2 fully saturated rings. The number of imidazole rings is 1. The number of aromatic amines is 2. The smallest absolute Gasteiger partial charge is 0.413 e. The van der Waals surface area contributed by atoms with Crippen LogP contribution in [0.5, 0.6) is 11.5 Å². The molecule has 2 aromatic heterocycles. The monoisotopic (exact) mass is 547 g/mol. The first kappa shape index (κ1) is 25.8. The van der Waals surface area contributed by atoms with Crippen molar-refractivity contribution in [1.29, 1.82) is 0 Å². The van der Waals surface area contributed by atoms with Gasteiger partial charge in [-0.1, -0.05) is 6.07 Å². The van der Waals surface area contributed by atoms with Crippen molar-refractivity contribution in [2.75, 3.05) is 50.1 Å². The number of anilines is 2. The van der Waals surface area contributed by atoms with E-state index >= 15 is 0 Å². The van der Waals surface area contributed by atoms with Crippen LogP contribution in [0.3, 0.4) is 0 Å². The van der Waals surface area contributed by atoms with Gasteiger partial charge in [-0.15, -0.1) is 0 Å². The van der Waals surface area contributed by atoms with Crippen molar-refractivity contribution in [3.05, 3.63) is 70.8 Å². The molecule has 1 unspecified atom stereocenters. The number of amides is 1. The molecule has 1 amide bonds. The Morgan fingerprint density at radius 1 is 1.10 bits per heavy atom. The van der Waals surface area contributed by atoms with Crippen molar-refractivity contribution in [2.24, 2.45) is 5.41 Å². The number of nitrogens with zero attached hydrogens (tertiary/aromatic N) is 5. The first-order valence-electron chi connectivity index (χ1n) is 13.1. The third-order valence-corrected chi connectivity index (χ3v) is 7.85. The van der Waals surface area contributed by atoms with Gasteiger partial charge in [-0.25, -0.2) is 23.9 Å². The van der Waals surface area contributed by atoms with Crippen LogP contribution in [0.2, 0.25) is 0 Å². The van der Waals surface area contributed by atoms with Crippen molar-refractivity contribution in [3.63, 3.8) is 0 Å². The van der Waals surface area contributed by atoms with E-state index in [2.05, 4.69) is 35.8 Å². The molecule has 40 heavy (non-hydrogen) atoms. The summed E-state index contributed by atoms with van der Waals surface area (Å²) < 4.78 is 25.0. The Labute approximate surface area is 229 Å². The molecule has 6 rings (SSSR count). The van der Waals surface area contributed by atoms with Gasteiger partial charge in [0.25, 0.3) is 0 Å². The lowest BCUT2D eigenvalue weighted by molar-refractivity contribution is 0.180. The average Bonchev–Trinajstić information content (AvgIpc) is 3.66. The summed E-state index contributed by atoms with van der Waals surface area (Å²) in [7, 11) is 2.75. The predicted molar refractivity (Wildman–Crippen MR) is 147 cm³/mol. The Bertz CT molecular complexity index is 1620. The molecule has 4 aromatic rings. The molecule has 2 aliphatic heterocycles. The van der Waals surface area contributed by atoms with Gasteiger partial charge in [0.15, 0.2) is 17.3 Å². The highest BCUT2D eigenvalue weighted by Gasteiger charge is 2.44. The van der Waals surface area contributed by atoms with Crippen LogP contribution in [0.4, 0.5) is 20.7 Å². The Morgan fingerprint density at radius 2 is 1.93 bits per heavy atom. The van der Waals surface area contributed by atoms with Crippen molar-refractivity contribution in [1.82, 2.24) is 24.8 Å². The number of nitrogens with one attached hydrogen (secondary N) is 2. The van der Waals surface area contributed by atoms with Crippen LogP contribution in [0.15, 0.2) is 53.7 Å². The number of benzene rings is 2. The van der Waals surface area contributed by atoms with Crippen molar-refractivity contribution < 1.29 is 18.7 Å². The highest BCUT2D eigenvalue weighted by molar-refractivity contribution is 5.89. The normalized spacial score (nSPS) is 19.0. The van der Waals surface area contributed by atoms with Crippen LogP contribution < -0.4 is 20.2 Å². The molecule has 1 spiro atoms. The summed E-state index contributed by atoms with van der Waals surface area (Å²) >= 11 is 0. The lowest BCUT2D eigenvalue weighted by Gasteiger charge is -2.26. The standard InChI is InChI=1S/C28H30FN7O4/c1-34(27(38)39-2)22-12-19(29)4-6-23(22)40-24-13-30-17-31-25(24)36-10-8-28(16-36)7-9-35(15-28)14-18-3-5-20-21(11-18)33-26(37)32-20/h3-6,11-13,17H,7-10,14-16H2,1-2H3,(H2,32,33,37). The zero-order chi connectivity index (χ0) is 27.9. The first-order valence-corrected chi connectivity index (χ1v) is 13.1. The van der Waals surface area contributed by atoms with E-state index in [9.17, 15) is 14.0 Å². The maximum absolute atomic E-state index is 14.1. The van der Waals surface area contributed by atoms with Crippen LogP contribution in [0.1, 0.15) is 18.4 Å². The maximum atomic E-state index is 14.1. The number of H-pyrrole nitrogens is 2. The van der Waals surface area contributed by atoms with E-state index in [0.29, 0.717) is 11.6 Å². The van der Waals surface area contributed by atoms with Gasteiger partial charge < -0.3 is 24.3 Å². The number of halogens is 1. The number of hydrogen-bond donors (Lipinski definition) is 2. The molecule has 2 saturated heterocycles. The van der Waals surface area contributed by atoms with Crippen molar-refractivity contribution in [2.45, 2.75) is 19.4 Å². The van der Waals surface area contributed by atoms with Crippen LogP contribution in [0, 0.1) is 11.2 Å². The fourth-order valence-corrected chi connectivity index (χ4v) is 5.86. The van der Waals surface area contributed by atoms with E-state index in [4.69, 9.17) is 9.47 Å². The van der Waals surface area contributed by atoms with Gasteiger partial charge in [0.05, 0.1) is 30.0 Å². The number of fused-ring (bicyclic) bond motifs is 1. The number of carbonyl (C=O) groups excluding carboxylic acids is 1. The summed E-state index contributed by atoms with van der Waals surface area (Å²) in [6, 6.07) is 10.0. The summed E-state index contributed by atoms with van der Waals surface area (Å²) in [5.74, 6) is 0.862. The molecule has 2 aliphatic rings. The lowest BCUT2D eigenvalue weighted by atomic mass is 9.86. The number of hydrogen-bond acceptors (Lipinski definition) is 8. The molecule has 0 saturated carbocycles. The van der Waals surface area contributed by atoms with E-state index < -0.39 is 11.9 Å². The molecule has 12 heteroatoms. The molecule has 0 aliphatic carbocycles. The van der Waals surface area contributed by atoms with Crippen molar-refractivity contribution >= 4 is 28.6 Å². The molecule has 1 atom stereocenters. The quantitative estimate of drug-likeness (QED) is 0.373. The SMILES string of the molecule is COC(=O)N(C)c1cc(F)ccc1Oc1cncnc1N1CCC2(CCN(Cc3ccc4[nH]c(=O)[nH]c4c3)C2)C1. The van der Waals surface area contributed by atoms with Crippen LogP contribution in [-0.2, 0) is 11.3 Å². The zero-order valence-electron chi connectivity index (χ0n) is 22.3. The van der Waals surface area contributed by atoms with Crippen LogP contribution >= 0.6 is 0 Å². The van der Waals surface area contributed by atoms with Gasteiger partial charge in [0.2, 0.25) is 0 Å². The van der Waals surface area contributed by atoms with E-state index in [1.54, 1.807) is 6.20 Å². The summed E-state index contributed by atoms with van der Waals surface area (Å²) in [4.78, 5) is 43.9. The third kappa shape index (κ3) is 4.97. The van der Waals surface area contributed by atoms with Gasteiger partial charge in [0, 0.05) is 44.7 Å². The molecule has 0 radical (unpaired) electrons. The number of aromatic nitrogens is 4. The summed E-state index contributed by atoms with van der Waals surface area (Å²) in [6.07, 6.45) is 4.51. The number of methoxy groups -OCH3 is 1. The number of ether oxygens (including phenoxy) is 2. The van der Waals surface area contributed by atoms with Crippen LogP contribution in [0.25, 0.3) is 11.0 Å². The van der Waals surface area contributed by atoms with E-state index in [-0.39, 0.29) is 22.5 Å². The summed E-state index contributed by atoms with van der Waals surface area (Å²) in [5.41, 5.74) is 2.95. The van der Waals surface area contributed by atoms with E-state index in [1.165, 1.54) is 43.6 Å². The molecule has 11 nitrogen and oxygen atoms in total. The maximum Gasteiger partial charge on any atom is 0.413 e. The molecule has 4 heterocycles. The number of rotatable bonds is 6. The number of carbonyl (C=O) groups is 1. The minimum Gasteiger partial charge on any atom is -0.452 e. The lowest BCUT2D eigenvalue weighted by Crippen LogP contribution is -2.31. The second-order valence-corrected chi connectivity index (χ2v) is 10.5. The van der Waals surface area contributed by atoms with Gasteiger partial charge in [-0.3, -0.25) is 9.80 Å². The molecular formula is C28H30FN7O4. The Kier molecular flexibility index (Phi) is 6.62. The Hall–Kier alpha value is -4.45. The second-order valence-electron chi connectivity index (χ2n) is 10.5. The highest BCUT2D eigenvalue weighted by atomic mass is 19.1. The van der Waals surface area contributed by atoms with Gasteiger partial charge in [-0.2, -0.15) is 0 Å². The van der Waals surface area contributed by atoms with Gasteiger partial charge >= 0.3 is 11.8 Å². The summed E-state index contributed by atoms with van der Waals surface area (Å²) in [5, 5.41) is 0. The fourth-order valence-electron chi connectivity index (χ4n) is 5.86. The molecule has 0 bridgehead atoms. The van der Waals surface area contributed by atoms with E-state index in [1.807, 2.05) is 12.1 Å². The zero-order valence-corrected chi connectivity index (χ0v) is 22.3. The molecule has 208 valence electrons. The first-order chi connectivity index (χ1) is 19.3. The Balaban J connectivity index is 1.17. The predicted octanol–water partition coefficient (Wildman–Crippen LogP) is 3.88. The fraction of sp³-hybridized carbons (Fsp3) is 0.357. The van der Waals surface area contributed by atoms with Crippen molar-refractivity contribution in [3.8, 4) is 11.5 Å². The Morgan fingerprint density at radius 3 is 2.77 bits per heavy atom. The summed E-state index contributed by atoms with van der Waals surface area (Å²) in [6.45, 7) is 4.39. The topological polar surface area (TPSA) is 120 Å². The largest absolute Gasteiger partial charge is 0.452 e. The molecule has 2 aromatic carbocycles. The molecule has 2 N–H and O–H groups in total. The second kappa shape index (κ2) is 10.3. The van der Waals surface area contributed by atoms with Gasteiger partial charge in [0.1, 0.15) is 12.1 Å². The van der Waals surface area contributed by atoms with Crippen LogP contribution in [-0.4, -0.2) is 71.3 Å². The van der Waals surface area contributed by atoms with E-state index in [0.717, 1.165) is 62.2 Å². The average molecular weight is 548 g/mol.